The number of nitrogens with one attached hydrogen (secondary N) is 1. The van der Waals surface area contributed by atoms with Gasteiger partial charge in [0.25, 0.3) is 0 Å². The molecular weight excluding hydrogens is 344 g/mol. The molecule has 0 radical (unpaired) electrons. The van der Waals surface area contributed by atoms with Gasteiger partial charge in [-0.1, -0.05) is 24.3 Å². The van der Waals surface area contributed by atoms with Crippen molar-refractivity contribution in [3.8, 4) is 11.8 Å². The van der Waals surface area contributed by atoms with Crippen LogP contribution < -0.4 is 5.32 Å². The molecule has 2 aromatic rings. The van der Waals surface area contributed by atoms with E-state index in [4.69, 9.17) is 10.00 Å². The number of phenols is 1. The Balaban J connectivity index is 1.96. The van der Waals surface area contributed by atoms with Crippen molar-refractivity contribution in [3.63, 3.8) is 0 Å². The molecule has 0 aromatic heterocycles. The lowest BCUT2D eigenvalue weighted by Gasteiger charge is -2.15. The zero-order chi connectivity index (χ0) is 19.6. The molecule has 2 rings (SSSR count). The zero-order valence-electron chi connectivity index (χ0n) is 14.9. The van der Waals surface area contributed by atoms with Crippen molar-refractivity contribution in [3.05, 3.63) is 71.3 Å². The van der Waals surface area contributed by atoms with Crippen molar-refractivity contribution in [1.82, 2.24) is 5.32 Å². The highest BCUT2D eigenvalue weighted by atomic mass is 16.5. The fourth-order valence-corrected chi connectivity index (χ4v) is 2.49. The molecule has 6 heteroatoms. The number of esters is 1. The Bertz CT molecular complexity index is 866. The molecule has 0 aliphatic rings. The van der Waals surface area contributed by atoms with Crippen LogP contribution in [0.5, 0.6) is 5.75 Å². The number of carbonyl (C=O) groups is 2. The van der Waals surface area contributed by atoms with E-state index in [1.54, 1.807) is 54.6 Å². The number of carbonyl (C=O) groups excluding carboxylic acids is 2. The molecule has 0 spiro atoms. The monoisotopic (exact) mass is 364 g/mol. The first kappa shape index (κ1) is 19.7. The minimum atomic E-state index is -0.543. The van der Waals surface area contributed by atoms with Gasteiger partial charge in [0.05, 0.1) is 24.7 Å². The van der Waals surface area contributed by atoms with Crippen LogP contribution in [0.1, 0.15) is 16.7 Å². The van der Waals surface area contributed by atoms with Crippen molar-refractivity contribution in [1.29, 1.82) is 5.26 Å². The topological polar surface area (TPSA) is 99.4 Å². The summed E-state index contributed by atoms with van der Waals surface area (Å²) >= 11 is 0. The molecule has 0 saturated heterocycles. The summed E-state index contributed by atoms with van der Waals surface area (Å²) in [5, 5.41) is 20.9. The van der Waals surface area contributed by atoms with Crippen molar-refractivity contribution < 1.29 is 19.4 Å². The van der Waals surface area contributed by atoms with E-state index in [9.17, 15) is 14.7 Å². The molecule has 0 bridgehead atoms. The summed E-state index contributed by atoms with van der Waals surface area (Å²) in [5.74, 6) is -1.17. The molecule has 1 amide bonds. The molecule has 27 heavy (non-hydrogen) atoms. The largest absolute Gasteiger partial charge is 0.508 e. The first-order valence-corrected chi connectivity index (χ1v) is 8.33. The van der Waals surface area contributed by atoms with Gasteiger partial charge in [0, 0.05) is 12.6 Å². The van der Waals surface area contributed by atoms with Gasteiger partial charge >= 0.3 is 5.97 Å². The predicted octanol–water partition coefficient (Wildman–Crippen LogP) is 2.43. The summed E-state index contributed by atoms with van der Waals surface area (Å²) in [6.45, 7) is 0.120. The van der Waals surface area contributed by atoms with Gasteiger partial charge in [-0.05, 0) is 47.9 Å². The minimum Gasteiger partial charge on any atom is -0.508 e. The van der Waals surface area contributed by atoms with Gasteiger partial charge in [-0.25, -0.2) is 0 Å². The van der Waals surface area contributed by atoms with E-state index in [-0.39, 0.29) is 18.2 Å². The molecule has 1 unspecified atom stereocenters. The van der Waals surface area contributed by atoms with E-state index in [2.05, 4.69) is 5.32 Å². The molecule has 0 saturated carbocycles. The number of ether oxygens (including phenoxy) is 1. The summed E-state index contributed by atoms with van der Waals surface area (Å²) < 4.78 is 4.81. The number of amides is 1. The molecule has 0 heterocycles. The summed E-state index contributed by atoms with van der Waals surface area (Å²) in [6.07, 6.45) is 3.33. The van der Waals surface area contributed by atoms with Crippen molar-refractivity contribution in [2.24, 2.45) is 5.92 Å². The molecule has 0 fully saturated rings. The van der Waals surface area contributed by atoms with Gasteiger partial charge in [-0.2, -0.15) is 5.26 Å². The maximum absolute atomic E-state index is 12.0. The van der Waals surface area contributed by atoms with Crippen LogP contribution in [0, 0.1) is 17.2 Å². The number of nitrogens with zero attached hydrogens (tertiary/aromatic N) is 1. The van der Waals surface area contributed by atoms with E-state index in [1.807, 2.05) is 6.07 Å². The lowest BCUT2D eigenvalue weighted by Crippen LogP contribution is -2.33. The highest BCUT2D eigenvalue weighted by molar-refractivity contribution is 5.92. The van der Waals surface area contributed by atoms with Gasteiger partial charge in [-0.3, -0.25) is 9.59 Å². The van der Waals surface area contributed by atoms with E-state index < -0.39 is 11.9 Å². The van der Waals surface area contributed by atoms with E-state index in [1.165, 1.54) is 13.2 Å². The van der Waals surface area contributed by atoms with Gasteiger partial charge in [-0.15, -0.1) is 0 Å². The molecule has 138 valence electrons. The Hall–Kier alpha value is -3.59. The number of hydrogen-bond donors (Lipinski definition) is 2. The van der Waals surface area contributed by atoms with Gasteiger partial charge in [0.15, 0.2) is 0 Å². The summed E-state index contributed by atoms with van der Waals surface area (Å²) in [6, 6.07) is 15.4. The minimum absolute atomic E-state index is 0.120. The third kappa shape index (κ3) is 6.33. The molecule has 2 N–H and O–H groups in total. The Kier molecular flexibility index (Phi) is 7.15. The molecule has 1 atom stereocenters. The second kappa shape index (κ2) is 9.78. The number of nitriles is 1. The summed E-state index contributed by atoms with van der Waals surface area (Å²) in [7, 11) is 1.30. The van der Waals surface area contributed by atoms with Crippen LogP contribution in [0.25, 0.3) is 6.08 Å². The van der Waals surface area contributed by atoms with E-state index in [0.717, 1.165) is 11.1 Å². The Labute approximate surface area is 157 Å². The highest BCUT2D eigenvalue weighted by Gasteiger charge is 2.20. The Morgan fingerprint density at radius 1 is 1.26 bits per heavy atom. The summed E-state index contributed by atoms with van der Waals surface area (Å²) in [4.78, 5) is 24.0. The van der Waals surface area contributed by atoms with Crippen LogP contribution in [0.3, 0.4) is 0 Å². The van der Waals surface area contributed by atoms with Gasteiger partial charge in [0.1, 0.15) is 5.75 Å². The average Bonchev–Trinajstić information content (AvgIpc) is 2.70. The zero-order valence-corrected chi connectivity index (χ0v) is 14.9. The first-order chi connectivity index (χ1) is 13.0. The van der Waals surface area contributed by atoms with E-state index in [0.29, 0.717) is 12.0 Å². The normalized spacial score (nSPS) is 11.6. The van der Waals surface area contributed by atoms with Crippen LogP contribution >= 0.6 is 0 Å². The second-order valence-corrected chi connectivity index (χ2v) is 5.91. The third-order valence-corrected chi connectivity index (χ3v) is 3.92. The van der Waals surface area contributed by atoms with Crippen LogP contribution in [-0.4, -0.2) is 30.6 Å². The van der Waals surface area contributed by atoms with Crippen molar-refractivity contribution in [2.75, 3.05) is 13.7 Å². The maximum Gasteiger partial charge on any atom is 0.310 e. The van der Waals surface area contributed by atoms with Crippen molar-refractivity contribution in [2.45, 2.75) is 6.42 Å². The fourth-order valence-electron chi connectivity index (χ4n) is 2.49. The molecule has 0 aliphatic heterocycles. The lowest BCUT2D eigenvalue weighted by atomic mass is 9.99. The Morgan fingerprint density at radius 3 is 2.67 bits per heavy atom. The van der Waals surface area contributed by atoms with E-state index >= 15 is 0 Å². The predicted molar refractivity (Wildman–Crippen MR) is 101 cm³/mol. The SMILES string of the molecule is COC(=O)C(CNC(=O)C=Cc1cccc(C#N)c1)Cc1ccc(O)cc1. The molecule has 0 aliphatic carbocycles. The highest BCUT2D eigenvalue weighted by Crippen LogP contribution is 2.14. The van der Waals surface area contributed by atoms with Crippen molar-refractivity contribution >= 4 is 18.0 Å². The Morgan fingerprint density at radius 2 is 2.00 bits per heavy atom. The fraction of sp³-hybridized carbons (Fsp3) is 0.190. The third-order valence-electron chi connectivity index (χ3n) is 3.92. The standard InChI is InChI=1S/C21H20N2O4/c1-27-21(26)18(12-16-5-8-19(24)9-6-16)14-23-20(25)10-7-15-3-2-4-17(11-15)13-22/h2-11,18,24H,12,14H2,1H3,(H,23,25). The van der Waals surface area contributed by atoms with Crippen LogP contribution in [0.15, 0.2) is 54.6 Å². The number of hydrogen-bond acceptors (Lipinski definition) is 5. The molecular formula is C21H20N2O4. The van der Waals surface area contributed by atoms with Crippen LogP contribution in [0.2, 0.25) is 0 Å². The number of rotatable bonds is 7. The maximum atomic E-state index is 12.0. The number of aromatic hydroxyl groups is 1. The molecule has 6 nitrogen and oxygen atoms in total. The average molecular weight is 364 g/mol. The second-order valence-electron chi connectivity index (χ2n) is 5.91. The summed E-state index contributed by atoms with van der Waals surface area (Å²) in [5.41, 5.74) is 2.09. The molecule has 2 aromatic carbocycles. The quantitative estimate of drug-likeness (QED) is 0.581. The van der Waals surface area contributed by atoms with Gasteiger partial charge in [0.2, 0.25) is 5.91 Å². The number of benzene rings is 2. The van der Waals surface area contributed by atoms with Crippen LogP contribution in [0.4, 0.5) is 0 Å². The first-order valence-electron chi connectivity index (χ1n) is 8.33. The smallest absolute Gasteiger partial charge is 0.310 e. The van der Waals surface area contributed by atoms with Gasteiger partial charge < -0.3 is 15.2 Å². The van der Waals surface area contributed by atoms with Crippen LogP contribution in [-0.2, 0) is 20.7 Å². The number of methoxy groups -OCH3 is 1. The number of phenolic OH excluding ortho intramolecular Hbond substituents is 1. The lowest BCUT2D eigenvalue weighted by molar-refractivity contribution is -0.145.